The number of nitrogens with one attached hydrogen (secondary N) is 1. The molecule has 0 radical (unpaired) electrons. The second-order valence-electron chi connectivity index (χ2n) is 10.9. The van der Waals surface area contributed by atoms with E-state index in [9.17, 15) is 14.4 Å². The van der Waals surface area contributed by atoms with Gasteiger partial charge in [0.2, 0.25) is 0 Å². The van der Waals surface area contributed by atoms with E-state index in [1.807, 2.05) is 36.4 Å². The Hall–Kier alpha value is -4.30. The summed E-state index contributed by atoms with van der Waals surface area (Å²) >= 11 is 6.22. The highest BCUT2D eigenvalue weighted by molar-refractivity contribution is 6.31. The maximum Gasteiger partial charge on any atom is 0.419 e. The number of hydrogen-bond donors (Lipinski definition) is 1. The molecule has 0 fully saturated rings. The highest BCUT2D eigenvalue weighted by atomic mass is 35.5. The molecule has 41 heavy (non-hydrogen) atoms. The molecule has 0 spiro atoms. The van der Waals surface area contributed by atoms with Crippen molar-refractivity contribution >= 4 is 40.7 Å². The standard InChI is InChI=1S/C32H31ClN2O6/c1-32(2,3)41-31(38)35-17-19(21-14-13-20(33)16-28(21)35)15-27(29(36)39-4)34-30(37)40-18-26-24-11-7-5-9-22(24)23-10-6-8-12-25(23)26/h5-14,16-17,26-27H,15,18H2,1-4H3,(H,34,37). The Morgan fingerprint density at radius 1 is 0.976 bits per heavy atom. The molecule has 4 aromatic rings. The van der Waals surface area contributed by atoms with Crippen molar-refractivity contribution in [3.8, 4) is 11.1 Å². The predicted molar refractivity (Wildman–Crippen MR) is 156 cm³/mol. The van der Waals surface area contributed by atoms with Gasteiger partial charge in [-0.2, -0.15) is 0 Å². The lowest BCUT2D eigenvalue weighted by molar-refractivity contribution is -0.142. The Balaban J connectivity index is 1.35. The first kappa shape index (κ1) is 28.2. The lowest BCUT2D eigenvalue weighted by Crippen LogP contribution is -2.43. The lowest BCUT2D eigenvalue weighted by Gasteiger charge is -2.19. The van der Waals surface area contributed by atoms with Crippen molar-refractivity contribution in [1.82, 2.24) is 9.88 Å². The minimum atomic E-state index is -1.07. The number of esters is 1. The van der Waals surface area contributed by atoms with E-state index in [0.29, 0.717) is 21.5 Å². The predicted octanol–water partition coefficient (Wildman–Crippen LogP) is 6.70. The summed E-state index contributed by atoms with van der Waals surface area (Å²) in [6.45, 7) is 5.42. The maximum atomic E-state index is 13.0. The van der Waals surface area contributed by atoms with E-state index in [1.165, 1.54) is 11.7 Å². The van der Waals surface area contributed by atoms with Gasteiger partial charge in [-0.25, -0.2) is 14.4 Å². The fraction of sp³-hybridized carbons (Fsp3) is 0.281. The minimum Gasteiger partial charge on any atom is -0.467 e. The van der Waals surface area contributed by atoms with Crippen LogP contribution in [0.2, 0.25) is 5.02 Å². The van der Waals surface area contributed by atoms with Crippen molar-refractivity contribution in [2.24, 2.45) is 0 Å². The molecule has 212 valence electrons. The molecule has 1 N–H and O–H groups in total. The first-order valence-corrected chi connectivity index (χ1v) is 13.7. The summed E-state index contributed by atoms with van der Waals surface area (Å²) in [5, 5.41) is 3.78. The smallest absolute Gasteiger partial charge is 0.419 e. The van der Waals surface area contributed by atoms with E-state index >= 15 is 0 Å². The number of methoxy groups -OCH3 is 1. The normalized spacial score (nSPS) is 13.3. The van der Waals surface area contributed by atoms with Gasteiger partial charge >= 0.3 is 18.2 Å². The van der Waals surface area contributed by atoms with Crippen LogP contribution in [0.3, 0.4) is 0 Å². The topological polar surface area (TPSA) is 95.9 Å². The van der Waals surface area contributed by atoms with Crippen molar-refractivity contribution in [1.29, 1.82) is 0 Å². The number of benzene rings is 3. The third-order valence-corrected chi connectivity index (χ3v) is 7.22. The van der Waals surface area contributed by atoms with Crippen molar-refractivity contribution in [3.63, 3.8) is 0 Å². The molecule has 0 saturated heterocycles. The van der Waals surface area contributed by atoms with Gasteiger partial charge in [0.1, 0.15) is 18.2 Å². The van der Waals surface area contributed by atoms with Gasteiger partial charge in [-0.05, 0) is 60.7 Å². The zero-order valence-electron chi connectivity index (χ0n) is 23.3. The zero-order valence-corrected chi connectivity index (χ0v) is 24.0. The fourth-order valence-corrected chi connectivity index (χ4v) is 5.40. The molecule has 9 heteroatoms. The summed E-state index contributed by atoms with van der Waals surface area (Å²) in [5.74, 6) is -0.771. The second-order valence-corrected chi connectivity index (χ2v) is 11.4. The summed E-state index contributed by atoms with van der Waals surface area (Å²) in [5.41, 5.74) is 4.83. The van der Waals surface area contributed by atoms with E-state index in [0.717, 1.165) is 22.3 Å². The van der Waals surface area contributed by atoms with E-state index in [2.05, 4.69) is 17.4 Å². The number of nitrogens with zero attached hydrogens (tertiary/aromatic N) is 1. The quantitative estimate of drug-likeness (QED) is 0.203. The number of rotatable bonds is 6. The van der Waals surface area contributed by atoms with Crippen LogP contribution in [-0.2, 0) is 25.4 Å². The van der Waals surface area contributed by atoms with Gasteiger partial charge in [0.15, 0.2) is 0 Å². The van der Waals surface area contributed by atoms with Crippen molar-refractivity contribution in [3.05, 3.63) is 94.6 Å². The summed E-state index contributed by atoms with van der Waals surface area (Å²) in [6, 6.07) is 20.1. The molecule has 5 rings (SSSR count). The van der Waals surface area contributed by atoms with Crippen LogP contribution in [0.15, 0.2) is 72.9 Å². The molecule has 1 amide bonds. The zero-order chi connectivity index (χ0) is 29.3. The van der Waals surface area contributed by atoms with Gasteiger partial charge in [-0.15, -0.1) is 0 Å². The molecule has 3 aromatic carbocycles. The van der Waals surface area contributed by atoms with Crippen LogP contribution in [-0.4, -0.2) is 48.1 Å². The second kappa shape index (κ2) is 11.3. The molecule has 8 nitrogen and oxygen atoms in total. The number of hydrogen-bond acceptors (Lipinski definition) is 6. The first-order chi connectivity index (χ1) is 19.6. The number of carbonyl (C=O) groups is 3. The summed E-state index contributed by atoms with van der Waals surface area (Å²) in [7, 11) is 1.25. The summed E-state index contributed by atoms with van der Waals surface area (Å²) in [6.07, 6.45) is 0.297. The Bertz CT molecular complexity index is 1590. The monoisotopic (exact) mass is 574 g/mol. The molecule has 0 aliphatic heterocycles. The molecule has 0 bridgehead atoms. The number of aromatic nitrogens is 1. The fourth-order valence-electron chi connectivity index (χ4n) is 5.23. The molecular weight excluding hydrogens is 544 g/mol. The SMILES string of the molecule is COC(=O)C(Cc1cn(C(=O)OC(C)(C)C)c2cc(Cl)ccc12)NC(=O)OCC1c2ccccc2-c2ccccc21. The van der Waals surface area contributed by atoms with Crippen LogP contribution in [0.25, 0.3) is 22.0 Å². The van der Waals surface area contributed by atoms with Crippen LogP contribution >= 0.6 is 11.6 Å². The lowest BCUT2D eigenvalue weighted by atomic mass is 9.98. The highest BCUT2D eigenvalue weighted by Crippen LogP contribution is 2.44. The van der Waals surface area contributed by atoms with Crippen LogP contribution in [0.4, 0.5) is 9.59 Å². The molecule has 1 heterocycles. The maximum absolute atomic E-state index is 13.0. The Morgan fingerprint density at radius 3 is 2.22 bits per heavy atom. The van der Waals surface area contributed by atoms with Crippen LogP contribution in [0, 0.1) is 0 Å². The number of alkyl carbamates (subject to hydrolysis) is 1. The van der Waals surface area contributed by atoms with Gasteiger partial charge in [-0.1, -0.05) is 66.2 Å². The van der Waals surface area contributed by atoms with E-state index in [-0.39, 0.29) is 18.9 Å². The number of carbonyl (C=O) groups excluding carboxylic acids is 3. The van der Waals surface area contributed by atoms with E-state index in [4.69, 9.17) is 25.8 Å². The third-order valence-electron chi connectivity index (χ3n) is 6.99. The summed E-state index contributed by atoms with van der Waals surface area (Å²) < 4.78 is 17.5. The number of fused-ring (bicyclic) bond motifs is 4. The van der Waals surface area contributed by atoms with E-state index in [1.54, 1.807) is 45.2 Å². The highest BCUT2D eigenvalue weighted by Gasteiger charge is 2.31. The molecule has 1 aromatic heterocycles. The van der Waals surface area contributed by atoms with Crippen molar-refractivity contribution < 1.29 is 28.6 Å². The van der Waals surface area contributed by atoms with Gasteiger partial charge < -0.3 is 19.5 Å². The Labute approximate surface area is 243 Å². The number of halogens is 1. The van der Waals surface area contributed by atoms with Gasteiger partial charge in [0.25, 0.3) is 0 Å². The van der Waals surface area contributed by atoms with Gasteiger partial charge in [0, 0.05) is 28.9 Å². The van der Waals surface area contributed by atoms with Gasteiger partial charge in [-0.3, -0.25) is 4.57 Å². The van der Waals surface area contributed by atoms with Crippen molar-refractivity contribution in [2.75, 3.05) is 13.7 Å². The van der Waals surface area contributed by atoms with E-state index < -0.39 is 29.8 Å². The van der Waals surface area contributed by atoms with Crippen LogP contribution in [0.1, 0.15) is 43.4 Å². The summed E-state index contributed by atoms with van der Waals surface area (Å²) in [4.78, 5) is 38.7. The molecule has 1 atom stereocenters. The van der Waals surface area contributed by atoms with Crippen molar-refractivity contribution in [2.45, 2.75) is 44.8 Å². The molecule has 1 aliphatic carbocycles. The minimum absolute atomic E-state index is 0.0464. The average Bonchev–Trinajstić information content (AvgIpc) is 3.45. The van der Waals surface area contributed by atoms with Crippen LogP contribution in [0.5, 0.6) is 0 Å². The Kier molecular flexibility index (Phi) is 7.78. The van der Waals surface area contributed by atoms with Gasteiger partial charge in [0.05, 0.1) is 12.6 Å². The molecule has 1 unspecified atom stereocenters. The Morgan fingerprint density at radius 2 is 1.61 bits per heavy atom. The van der Waals surface area contributed by atoms with Crippen LogP contribution < -0.4 is 5.32 Å². The largest absolute Gasteiger partial charge is 0.467 e. The molecule has 0 saturated carbocycles. The molecule has 1 aliphatic rings. The first-order valence-electron chi connectivity index (χ1n) is 13.3. The average molecular weight is 575 g/mol. The third kappa shape index (κ3) is 5.93. The number of amides is 1. The molecular formula is C32H31ClN2O6. The number of ether oxygens (including phenoxy) is 3.